The molecule has 1 fully saturated rings. The van der Waals surface area contributed by atoms with Crippen LogP contribution in [0.3, 0.4) is 0 Å². The molecule has 1 aromatic carbocycles. The van der Waals surface area contributed by atoms with E-state index >= 15 is 0 Å². The van der Waals surface area contributed by atoms with E-state index < -0.39 is 0 Å². The average molecular weight is 326 g/mol. The first-order valence-electron chi connectivity index (χ1n) is 7.51. The molecule has 22 heavy (non-hydrogen) atoms. The summed E-state index contributed by atoms with van der Waals surface area (Å²) in [5.41, 5.74) is 0.635. The standard InChI is InChI=1S/C16H23N3O2.ClH/c1-12-11-14(7-8-17-12)16(21)19-10-9-18-15(20)13-5-3-2-4-6-13;/h2-6,12,14,17H,7-11H2,1H3,(H,18,20)(H,19,21);1H/t12-,14-;/m0./s1. The second-order valence-electron chi connectivity index (χ2n) is 5.49. The minimum Gasteiger partial charge on any atom is -0.354 e. The third-order valence-electron chi connectivity index (χ3n) is 3.74. The molecule has 0 aliphatic carbocycles. The van der Waals surface area contributed by atoms with Crippen LogP contribution in [0.25, 0.3) is 0 Å². The Hall–Kier alpha value is -1.59. The molecule has 0 radical (unpaired) electrons. The zero-order valence-electron chi connectivity index (χ0n) is 12.8. The molecule has 2 amide bonds. The van der Waals surface area contributed by atoms with Crippen LogP contribution in [0.2, 0.25) is 0 Å². The van der Waals surface area contributed by atoms with Crippen LogP contribution in [0.4, 0.5) is 0 Å². The summed E-state index contributed by atoms with van der Waals surface area (Å²) in [7, 11) is 0. The molecule has 6 heteroatoms. The van der Waals surface area contributed by atoms with E-state index in [2.05, 4.69) is 22.9 Å². The van der Waals surface area contributed by atoms with Crippen LogP contribution in [-0.2, 0) is 4.79 Å². The van der Waals surface area contributed by atoms with E-state index in [0.29, 0.717) is 24.7 Å². The van der Waals surface area contributed by atoms with Gasteiger partial charge in [-0.05, 0) is 38.4 Å². The Morgan fingerprint density at radius 3 is 2.55 bits per heavy atom. The monoisotopic (exact) mass is 325 g/mol. The summed E-state index contributed by atoms with van der Waals surface area (Å²) >= 11 is 0. The summed E-state index contributed by atoms with van der Waals surface area (Å²) in [6.45, 7) is 3.90. The first-order chi connectivity index (χ1) is 10.2. The van der Waals surface area contributed by atoms with Crippen molar-refractivity contribution in [3.05, 3.63) is 35.9 Å². The van der Waals surface area contributed by atoms with Crippen LogP contribution < -0.4 is 16.0 Å². The minimum absolute atomic E-state index is 0. The van der Waals surface area contributed by atoms with Gasteiger partial charge in [-0.3, -0.25) is 9.59 Å². The molecule has 0 bridgehead atoms. The highest BCUT2D eigenvalue weighted by molar-refractivity contribution is 5.94. The number of carbonyl (C=O) groups excluding carboxylic acids is 2. The second-order valence-corrected chi connectivity index (χ2v) is 5.49. The number of benzene rings is 1. The lowest BCUT2D eigenvalue weighted by atomic mass is 9.92. The molecule has 0 aromatic heterocycles. The Morgan fingerprint density at radius 2 is 1.86 bits per heavy atom. The Kier molecular flexibility index (Phi) is 7.91. The smallest absolute Gasteiger partial charge is 0.251 e. The Morgan fingerprint density at radius 1 is 1.18 bits per heavy atom. The van der Waals surface area contributed by atoms with Crippen molar-refractivity contribution in [1.82, 2.24) is 16.0 Å². The largest absolute Gasteiger partial charge is 0.354 e. The van der Waals surface area contributed by atoms with E-state index in [-0.39, 0.29) is 30.1 Å². The van der Waals surface area contributed by atoms with Crippen LogP contribution in [0.15, 0.2) is 30.3 Å². The molecular weight excluding hydrogens is 302 g/mol. The predicted molar refractivity (Wildman–Crippen MR) is 89.2 cm³/mol. The zero-order chi connectivity index (χ0) is 15.1. The highest BCUT2D eigenvalue weighted by Gasteiger charge is 2.24. The van der Waals surface area contributed by atoms with E-state index in [9.17, 15) is 9.59 Å². The lowest BCUT2D eigenvalue weighted by molar-refractivity contribution is -0.126. The maximum absolute atomic E-state index is 12.0. The number of amides is 2. The van der Waals surface area contributed by atoms with Crippen LogP contribution in [0.5, 0.6) is 0 Å². The normalized spacial score (nSPS) is 20.6. The molecular formula is C16H24ClN3O2. The van der Waals surface area contributed by atoms with Gasteiger partial charge in [0, 0.05) is 30.6 Å². The molecule has 1 aromatic rings. The van der Waals surface area contributed by atoms with Gasteiger partial charge >= 0.3 is 0 Å². The number of halogens is 1. The van der Waals surface area contributed by atoms with E-state index in [0.717, 1.165) is 19.4 Å². The van der Waals surface area contributed by atoms with Crippen molar-refractivity contribution in [1.29, 1.82) is 0 Å². The molecule has 0 spiro atoms. The summed E-state index contributed by atoms with van der Waals surface area (Å²) in [6, 6.07) is 9.46. The number of carbonyl (C=O) groups is 2. The van der Waals surface area contributed by atoms with Crippen LogP contribution in [0.1, 0.15) is 30.1 Å². The lowest BCUT2D eigenvalue weighted by Crippen LogP contribution is -2.44. The Labute approximate surface area is 137 Å². The minimum atomic E-state index is -0.111. The first-order valence-corrected chi connectivity index (χ1v) is 7.51. The number of hydrogen-bond donors (Lipinski definition) is 3. The van der Waals surface area contributed by atoms with E-state index in [1.165, 1.54) is 0 Å². The molecule has 0 unspecified atom stereocenters. The quantitative estimate of drug-likeness (QED) is 0.716. The molecule has 0 saturated carbocycles. The van der Waals surface area contributed by atoms with Crippen LogP contribution in [0, 0.1) is 5.92 Å². The summed E-state index contributed by atoms with van der Waals surface area (Å²) in [5, 5.41) is 9.03. The first kappa shape index (κ1) is 18.5. The van der Waals surface area contributed by atoms with Gasteiger partial charge in [-0.2, -0.15) is 0 Å². The van der Waals surface area contributed by atoms with Crippen LogP contribution in [-0.4, -0.2) is 37.5 Å². The van der Waals surface area contributed by atoms with Gasteiger partial charge in [-0.15, -0.1) is 12.4 Å². The third kappa shape index (κ3) is 5.66. The summed E-state index contributed by atoms with van der Waals surface area (Å²) in [5.74, 6) is 0.0729. The Balaban J connectivity index is 0.00000242. The zero-order valence-corrected chi connectivity index (χ0v) is 13.6. The van der Waals surface area contributed by atoms with Gasteiger partial charge in [0.25, 0.3) is 5.91 Å². The fourth-order valence-corrected chi connectivity index (χ4v) is 2.57. The SMILES string of the molecule is C[C@H]1C[C@@H](C(=O)NCCNC(=O)c2ccccc2)CCN1.Cl. The highest BCUT2D eigenvalue weighted by Crippen LogP contribution is 2.15. The van der Waals surface area contributed by atoms with Gasteiger partial charge in [-0.1, -0.05) is 18.2 Å². The lowest BCUT2D eigenvalue weighted by Gasteiger charge is -2.27. The van der Waals surface area contributed by atoms with Crippen molar-refractivity contribution in [2.75, 3.05) is 19.6 Å². The van der Waals surface area contributed by atoms with Crippen LogP contribution >= 0.6 is 12.4 Å². The van der Waals surface area contributed by atoms with Crippen molar-refractivity contribution in [2.24, 2.45) is 5.92 Å². The predicted octanol–water partition coefficient (Wildman–Crippen LogP) is 1.34. The molecule has 1 aliphatic rings. The Bertz CT molecular complexity index is 482. The number of hydrogen-bond acceptors (Lipinski definition) is 3. The molecule has 1 saturated heterocycles. The van der Waals surface area contributed by atoms with E-state index in [4.69, 9.17) is 0 Å². The van der Waals surface area contributed by atoms with Crippen molar-refractivity contribution in [3.63, 3.8) is 0 Å². The molecule has 2 rings (SSSR count). The topological polar surface area (TPSA) is 70.2 Å². The molecule has 122 valence electrons. The number of rotatable bonds is 5. The van der Waals surface area contributed by atoms with Gasteiger partial charge in [0.2, 0.25) is 5.91 Å². The van der Waals surface area contributed by atoms with Crippen molar-refractivity contribution in [3.8, 4) is 0 Å². The van der Waals surface area contributed by atoms with Crippen molar-refractivity contribution >= 4 is 24.2 Å². The van der Waals surface area contributed by atoms with E-state index in [1.54, 1.807) is 12.1 Å². The molecule has 2 atom stereocenters. The second kappa shape index (κ2) is 9.43. The highest BCUT2D eigenvalue weighted by atomic mass is 35.5. The molecule has 3 N–H and O–H groups in total. The van der Waals surface area contributed by atoms with E-state index in [1.807, 2.05) is 18.2 Å². The molecule has 1 heterocycles. The van der Waals surface area contributed by atoms with Gasteiger partial charge in [-0.25, -0.2) is 0 Å². The fourth-order valence-electron chi connectivity index (χ4n) is 2.57. The number of nitrogens with one attached hydrogen (secondary N) is 3. The fraction of sp³-hybridized carbons (Fsp3) is 0.500. The maximum atomic E-state index is 12.0. The van der Waals surface area contributed by atoms with Gasteiger partial charge in [0.15, 0.2) is 0 Å². The van der Waals surface area contributed by atoms with Gasteiger partial charge in [0.05, 0.1) is 0 Å². The third-order valence-corrected chi connectivity index (χ3v) is 3.74. The van der Waals surface area contributed by atoms with Gasteiger partial charge < -0.3 is 16.0 Å². The maximum Gasteiger partial charge on any atom is 0.251 e. The summed E-state index contributed by atoms with van der Waals surface area (Å²) in [6.07, 6.45) is 1.76. The van der Waals surface area contributed by atoms with Crippen molar-refractivity contribution in [2.45, 2.75) is 25.8 Å². The summed E-state index contributed by atoms with van der Waals surface area (Å²) < 4.78 is 0. The average Bonchev–Trinajstić information content (AvgIpc) is 2.52. The van der Waals surface area contributed by atoms with Gasteiger partial charge in [0.1, 0.15) is 0 Å². The molecule has 1 aliphatic heterocycles. The molecule has 5 nitrogen and oxygen atoms in total. The number of piperidine rings is 1. The summed E-state index contributed by atoms with van der Waals surface area (Å²) in [4.78, 5) is 23.8. The van der Waals surface area contributed by atoms with Crippen molar-refractivity contribution < 1.29 is 9.59 Å².